The van der Waals surface area contributed by atoms with Crippen LogP contribution in [0.1, 0.15) is 46.9 Å². The summed E-state index contributed by atoms with van der Waals surface area (Å²) in [4.78, 5) is 49.4. The lowest BCUT2D eigenvalue weighted by Gasteiger charge is -2.30. The number of hydrogen-bond donors (Lipinski definition) is 1. The molecule has 12 heteroatoms. The van der Waals surface area contributed by atoms with Crippen molar-refractivity contribution in [3.05, 3.63) is 40.7 Å². The van der Waals surface area contributed by atoms with Gasteiger partial charge in [-0.1, -0.05) is 0 Å². The van der Waals surface area contributed by atoms with E-state index in [-0.39, 0.29) is 48.0 Å². The highest BCUT2D eigenvalue weighted by atomic mass is 16.5. The molecule has 0 saturated carbocycles. The predicted molar refractivity (Wildman–Crippen MR) is 136 cm³/mol. The summed E-state index contributed by atoms with van der Waals surface area (Å²) in [7, 11) is 1.55. The first-order valence-corrected chi connectivity index (χ1v) is 12.4. The van der Waals surface area contributed by atoms with Gasteiger partial charge in [-0.05, 0) is 37.8 Å². The fourth-order valence-electron chi connectivity index (χ4n) is 4.44. The summed E-state index contributed by atoms with van der Waals surface area (Å²) in [6.45, 7) is 3.85. The quantitative estimate of drug-likeness (QED) is 0.516. The summed E-state index contributed by atoms with van der Waals surface area (Å²) in [6.07, 6.45) is 3.76. The monoisotopic (exact) mass is 522 g/mol. The zero-order valence-electron chi connectivity index (χ0n) is 21.4. The number of aromatic nitrogens is 2. The number of carbonyl (C=O) groups excluding carboxylic acids is 3. The van der Waals surface area contributed by atoms with Crippen molar-refractivity contribution in [2.75, 3.05) is 50.2 Å². The smallest absolute Gasteiger partial charge is 0.328 e. The highest BCUT2D eigenvalue weighted by Gasteiger charge is 2.27. The molecule has 1 fully saturated rings. The molecule has 200 valence electrons. The van der Waals surface area contributed by atoms with Gasteiger partial charge >= 0.3 is 6.03 Å². The number of urea groups is 1. The Morgan fingerprint density at radius 1 is 1.34 bits per heavy atom. The number of ether oxygens (including phenoxy) is 3. The van der Waals surface area contributed by atoms with E-state index in [9.17, 15) is 19.6 Å². The van der Waals surface area contributed by atoms with Gasteiger partial charge in [-0.15, -0.1) is 0 Å². The summed E-state index contributed by atoms with van der Waals surface area (Å²) in [5, 5.41) is 12.1. The third-order valence-corrected chi connectivity index (χ3v) is 6.24. The van der Waals surface area contributed by atoms with E-state index >= 15 is 0 Å². The number of hydrogen-bond acceptors (Lipinski definition) is 9. The van der Waals surface area contributed by atoms with E-state index in [0.29, 0.717) is 56.8 Å². The van der Waals surface area contributed by atoms with Gasteiger partial charge in [0.25, 0.3) is 0 Å². The molecule has 0 unspecified atom stereocenters. The maximum absolute atomic E-state index is 13.3. The van der Waals surface area contributed by atoms with Crippen molar-refractivity contribution >= 4 is 29.9 Å². The number of methoxy groups -OCH3 is 1. The minimum absolute atomic E-state index is 0.0180. The maximum atomic E-state index is 13.3. The fraction of sp³-hybridized carbons (Fsp3) is 0.462. The first-order valence-electron chi connectivity index (χ1n) is 12.4. The molecule has 0 aromatic carbocycles. The first kappa shape index (κ1) is 27.0. The predicted octanol–water partition coefficient (Wildman–Crippen LogP) is 2.31. The lowest BCUT2D eigenvalue weighted by atomic mass is 10.0. The number of fused-ring (bicyclic) bond motifs is 1. The van der Waals surface area contributed by atoms with Gasteiger partial charge in [-0.25, -0.2) is 14.8 Å². The number of pyridine rings is 2. The van der Waals surface area contributed by atoms with E-state index in [1.807, 2.05) is 12.1 Å². The van der Waals surface area contributed by atoms with Crippen LogP contribution < -0.4 is 15.0 Å². The minimum Gasteiger partial charge on any atom is -0.487 e. The Bertz CT molecular complexity index is 1250. The van der Waals surface area contributed by atoms with Gasteiger partial charge in [0.2, 0.25) is 5.91 Å². The average Bonchev–Trinajstić information content (AvgIpc) is 3.11. The lowest BCUT2D eigenvalue weighted by molar-refractivity contribution is -0.134. The van der Waals surface area contributed by atoms with Crippen molar-refractivity contribution in [3.63, 3.8) is 0 Å². The van der Waals surface area contributed by atoms with E-state index in [4.69, 9.17) is 14.2 Å². The number of carbonyl (C=O) groups is 3. The van der Waals surface area contributed by atoms with Crippen LogP contribution in [0.3, 0.4) is 0 Å². The Balaban J connectivity index is 1.55. The van der Waals surface area contributed by atoms with Crippen LogP contribution in [0, 0.1) is 11.3 Å². The van der Waals surface area contributed by atoms with Crippen LogP contribution in [0.2, 0.25) is 0 Å². The first-order chi connectivity index (χ1) is 18.4. The van der Waals surface area contributed by atoms with E-state index < -0.39 is 6.03 Å². The Morgan fingerprint density at radius 3 is 2.95 bits per heavy atom. The Labute approximate surface area is 220 Å². The van der Waals surface area contributed by atoms with E-state index in [2.05, 4.69) is 15.3 Å². The zero-order valence-corrected chi connectivity index (χ0v) is 21.4. The molecule has 2 aromatic heterocycles. The third kappa shape index (κ3) is 6.24. The molecule has 0 aliphatic carbocycles. The molecule has 1 atom stereocenters. The van der Waals surface area contributed by atoms with E-state index in [1.165, 1.54) is 17.2 Å². The van der Waals surface area contributed by atoms with Crippen molar-refractivity contribution in [1.29, 1.82) is 5.26 Å². The highest BCUT2D eigenvalue weighted by molar-refractivity contribution is 6.01. The van der Waals surface area contributed by atoms with Gasteiger partial charge in [-0.2, -0.15) is 5.26 Å². The maximum Gasteiger partial charge on any atom is 0.328 e. The molecular formula is C26H30N6O6. The van der Waals surface area contributed by atoms with E-state index in [0.717, 1.165) is 12.0 Å². The topological polar surface area (TPSA) is 147 Å². The van der Waals surface area contributed by atoms with Gasteiger partial charge in [0.1, 0.15) is 47.4 Å². The Morgan fingerprint density at radius 2 is 2.18 bits per heavy atom. The van der Waals surface area contributed by atoms with Crippen LogP contribution in [0.5, 0.6) is 5.75 Å². The summed E-state index contributed by atoms with van der Waals surface area (Å²) in [5.41, 5.74) is 1.86. The molecule has 3 amide bonds. The SMILES string of the molecule is COC[C@@H](C)Oc1cc(NC(=O)N2CCCc3cc(CN4CCCOCC4=O)c(C=O)nc32)ncc1C#N. The number of nitrogens with one attached hydrogen (secondary N) is 1. The summed E-state index contributed by atoms with van der Waals surface area (Å²) < 4.78 is 16.2. The summed E-state index contributed by atoms with van der Waals surface area (Å²) in [5.74, 6) is 0.743. The van der Waals surface area contributed by atoms with E-state index in [1.54, 1.807) is 18.9 Å². The molecule has 2 aromatic rings. The third-order valence-electron chi connectivity index (χ3n) is 6.24. The molecular weight excluding hydrogens is 492 g/mol. The van der Waals surface area contributed by atoms with Gasteiger partial charge < -0.3 is 19.1 Å². The molecule has 12 nitrogen and oxygen atoms in total. The van der Waals surface area contributed by atoms with Gasteiger partial charge in [-0.3, -0.25) is 19.8 Å². The second-order valence-corrected chi connectivity index (χ2v) is 9.10. The standard InChI is InChI=1S/C26H30N6O6/c1-17(15-36-2)38-22-10-23(28-12-20(22)11-27)30-26(35)32-7-3-5-18-9-19(21(14-33)29-25(18)32)13-31-6-4-8-37-16-24(31)34/h9-10,12,14,17H,3-8,13,15-16H2,1-2H3,(H,28,30,35)/t17-/m1/s1. The number of anilines is 2. The van der Waals surface area contributed by atoms with Crippen molar-refractivity contribution in [2.24, 2.45) is 0 Å². The van der Waals surface area contributed by atoms with Crippen molar-refractivity contribution in [2.45, 2.75) is 38.8 Å². The average molecular weight is 523 g/mol. The summed E-state index contributed by atoms with van der Waals surface area (Å²) >= 11 is 0. The van der Waals surface area contributed by atoms with Crippen molar-refractivity contribution in [3.8, 4) is 11.8 Å². The number of aryl methyl sites for hydroxylation is 1. The van der Waals surface area contributed by atoms with Gasteiger partial charge in [0.15, 0.2) is 6.29 Å². The minimum atomic E-state index is -0.476. The largest absolute Gasteiger partial charge is 0.487 e. The molecule has 0 spiro atoms. The molecule has 4 heterocycles. The number of nitrogens with zero attached hydrogens (tertiary/aromatic N) is 5. The second kappa shape index (κ2) is 12.4. The number of amides is 3. The number of rotatable bonds is 8. The fourth-order valence-corrected chi connectivity index (χ4v) is 4.44. The molecule has 0 bridgehead atoms. The number of nitriles is 1. The van der Waals surface area contributed by atoms with Crippen LogP contribution in [-0.4, -0.2) is 79.2 Å². The Hall–Kier alpha value is -4.08. The van der Waals surface area contributed by atoms with Crippen molar-refractivity contribution in [1.82, 2.24) is 14.9 Å². The Kier molecular flexibility index (Phi) is 8.83. The molecule has 1 saturated heterocycles. The van der Waals surface area contributed by atoms with Gasteiger partial charge in [0.05, 0.1) is 12.8 Å². The molecule has 2 aliphatic heterocycles. The molecule has 1 N–H and O–H groups in total. The van der Waals surface area contributed by atoms with Crippen LogP contribution in [-0.2, 0) is 27.2 Å². The zero-order chi connectivity index (χ0) is 27.1. The van der Waals surface area contributed by atoms with Crippen LogP contribution in [0.15, 0.2) is 18.3 Å². The lowest BCUT2D eigenvalue weighted by Crippen LogP contribution is -2.40. The van der Waals surface area contributed by atoms with Gasteiger partial charge in [0, 0.05) is 45.0 Å². The molecule has 38 heavy (non-hydrogen) atoms. The van der Waals surface area contributed by atoms with Crippen LogP contribution in [0.4, 0.5) is 16.4 Å². The number of aldehydes is 1. The molecule has 0 radical (unpaired) electrons. The summed E-state index contributed by atoms with van der Waals surface area (Å²) in [6, 6.07) is 4.90. The molecule has 2 aliphatic rings. The van der Waals surface area contributed by atoms with Crippen LogP contribution in [0.25, 0.3) is 0 Å². The highest BCUT2D eigenvalue weighted by Crippen LogP contribution is 2.29. The normalized spacial score (nSPS) is 16.2. The molecule has 4 rings (SSSR count). The van der Waals surface area contributed by atoms with Crippen LogP contribution >= 0.6 is 0 Å². The second-order valence-electron chi connectivity index (χ2n) is 9.10. The van der Waals surface area contributed by atoms with Crippen molar-refractivity contribution < 1.29 is 28.6 Å².